The summed E-state index contributed by atoms with van der Waals surface area (Å²) in [4.78, 5) is 17.2. The zero-order chi connectivity index (χ0) is 20.7. The number of piperazine rings is 1. The first kappa shape index (κ1) is 19.0. The Bertz CT molecular complexity index is 1180. The first-order valence-corrected chi connectivity index (χ1v) is 11.0. The monoisotopic (exact) mass is 417 g/mol. The molecule has 1 aliphatic heterocycles. The molecule has 0 saturated carbocycles. The van der Waals surface area contributed by atoms with Gasteiger partial charge in [0.05, 0.1) is 11.6 Å². The molecule has 0 unspecified atom stereocenters. The molecule has 0 N–H and O–H groups in total. The first-order chi connectivity index (χ1) is 14.6. The molecule has 3 aromatic heterocycles. The third-order valence-corrected chi connectivity index (χ3v) is 6.53. The van der Waals surface area contributed by atoms with Crippen LogP contribution in [0.4, 0.5) is 0 Å². The number of nitrogens with zero attached hydrogens (tertiary/aromatic N) is 5. The highest BCUT2D eigenvalue weighted by atomic mass is 32.1. The van der Waals surface area contributed by atoms with Gasteiger partial charge in [-0.15, -0.1) is 5.10 Å². The first-order valence-electron chi connectivity index (χ1n) is 10.0. The summed E-state index contributed by atoms with van der Waals surface area (Å²) in [6.45, 7) is 4.14. The molecule has 1 amide bonds. The minimum Gasteiger partial charge on any atom is -0.335 e. The number of amides is 1. The fourth-order valence-corrected chi connectivity index (χ4v) is 4.65. The molecule has 1 aliphatic rings. The molecular weight excluding hydrogens is 394 g/mol. The van der Waals surface area contributed by atoms with Crippen molar-refractivity contribution in [2.75, 3.05) is 26.7 Å². The van der Waals surface area contributed by atoms with Crippen molar-refractivity contribution in [3.63, 3.8) is 0 Å². The molecule has 7 heteroatoms. The van der Waals surface area contributed by atoms with Gasteiger partial charge in [-0.25, -0.2) is 4.52 Å². The van der Waals surface area contributed by atoms with Gasteiger partial charge in [-0.3, -0.25) is 9.69 Å². The Labute approximate surface area is 179 Å². The van der Waals surface area contributed by atoms with Crippen molar-refractivity contribution < 1.29 is 4.79 Å². The number of aromatic nitrogens is 3. The van der Waals surface area contributed by atoms with Gasteiger partial charge < -0.3 is 4.90 Å². The Morgan fingerprint density at radius 3 is 2.67 bits per heavy atom. The van der Waals surface area contributed by atoms with E-state index in [4.69, 9.17) is 0 Å². The van der Waals surface area contributed by atoms with Gasteiger partial charge in [0.2, 0.25) is 0 Å². The predicted octanol–water partition coefficient (Wildman–Crippen LogP) is 3.90. The third-order valence-electron chi connectivity index (χ3n) is 5.84. The summed E-state index contributed by atoms with van der Waals surface area (Å²) in [5.74, 6) is 0.0734. The van der Waals surface area contributed by atoms with Crippen LogP contribution >= 0.6 is 11.3 Å². The number of benzene rings is 1. The van der Waals surface area contributed by atoms with Gasteiger partial charge in [0, 0.05) is 37.0 Å². The molecule has 30 heavy (non-hydrogen) atoms. The van der Waals surface area contributed by atoms with E-state index < -0.39 is 0 Å². The van der Waals surface area contributed by atoms with E-state index in [2.05, 4.69) is 51.2 Å². The van der Waals surface area contributed by atoms with E-state index in [1.165, 1.54) is 5.56 Å². The predicted molar refractivity (Wildman–Crippen MR) is 119 cm³/mol. The van der Waals surface area contributed by atoms with Crippen LogP contribution in [0.5, 0.6) is 0 Å². The van der Waals surface area contributed by atoms with Crippen LogP contribution in [0.2, 0.25) is 0 Å². The number of carbonyl (C=O) groups excluding carboxylic acids is 1. The zero-order valence-corrected chi connectivity index (χ0v) is 17.8. The standard InChI is InChI=1S/C23H23N5OS/c1-16-3-5-17(6-4-16)23(29)27-11-10-26(2)21(14-27)22-20-8-7-18(13-28(20)25-24-22)19-9-12-30-15-19/h3-9,12-13,15,21H,10-11,14H2,1-2H3/t21-/m0/s1. The Morgan fingerprint density at radius 2 is 1.90 bits per heavy atom. The van der Waals surface area contributed by atoms with E-state index in [9.17, 15) is 4.79 Å². The van der Waals surface area contributed by atoms with Crippen molar-refractivity contribution in [2.24, 2.45) is 0 Å². The Kier molecular flexibility index (Phi) is 4.84. The Hall–Kier alpha value is -3.03. The molecule has 1 atom stereocenters. The normalized spacial score (nSPS) is 17.5. The number of fused-ring (bicyclic) bond motifs is 1. The maximum Gasteiger partial charge on any atom is 0.253 e. The lowest BCUT2D eigenvalue weighted by Gasteiger charge is -2.38. The van der Waals surface area contributed by atoms with Gasteiger partial charge >= 0.3 is 0 Å². The van der Waals surface area contributed by atoms with Crippen molar-refractivity contribution in [3.05, 3.63) is 76.2 Å². The van der Waals surface area contributed by atoms with E-state index in [0.29, 0.717) is 13.1 Å². The summed E-state index contributed by atoms with van der Waals surface area (Å²) in [6, 6.07) is 14.1. The second-order valence-corrected chi connectivity index (χ2v) is 8.63. The fourth-order valence-electron chi connectivity index (χ4n) is 3.98. The highest BCUT2D eigenvalue weighted by Gasteiger charge is 2.31. The van der Waals surface area contributed by atoms with Crippen molar-refractivity contribution in [3.8, 4) is 11.1 Å². The van der Waals surface area contributed by atoms with E-state index in [-0.39, 0.29) is 11.9 Å². The molecule has 5 rings (SSSR count). The fraction of sp³-hybridized carbons (Fsp3) is 0.261. The number of likely N-dealkylation sites (N-methyl/N-ethyl adjacent to an activating group) is 1. The van der Waals surface area contributed by atoms with Crippen LogP contribution in [0.15, 0.2) is 59.4 Å². The maximum atomic E-state index is 13.0. The molecule has 0 radical (unpaired) electrons. The molecular formula is C23H23N5OS. The Morgan fingerprint density at radius 1 is 1.07 bits per heavy atom. The summed E-state index contributed by atoms with van der Waals surface area (Å²) in [5.41, 5.74) is 6.08. The Balaban J connectivity index is 1.43. The minimum atomic E-state index is 0.0117. The number of rotatable bonds is 3. The van der Waals surface area contributed by atoms with Gasteiger partial charge in [0.1, 0.15) is 5.69 Å². The van der Waals surface area contributed by atoms with Gasteiger partial charge in [-0.1, -0.05) is 29.0 Å². The molecule has 1 aromatic carbocycles. The highest BCUT2D eigenvalue weighted by molar-refractivity contribution is 7.08. The minimum absolute atomic E-state index is 0.0117. The molecule has 4 aromatic rings. The maximum absolute atomic E-state index is 13.0. The van der Waals surface area contributed by atoms with Crippen molar-refractivity contribution in [1.29, 1.82) is 0 Å². The molecule has 4 heterocycles. The number of hydrogen-bond donors (Lipinski definition) is 0. The topological polar surface area (TPSA) is 53.7 Å². The molecule has 1 saturated heterocycles. The largest absolute Gasteiger partial charge is 0.335 e. The summed E-state index contributed by atoms with van der Waals surface area (Å²) in [6.07, 6.45) is 2.02. The van der Waals surface area contributed by atoms with Crippen LogP contribution in [0.25, 0.3) is 16.6 Å². The second-order valence-electron chi connectivity index (χ2n) is 7.85. The third kappa shape index (κ3) is 3.40. The smallest absolute Gasteiger partial charge is 0.253 e. The van der Waals surface area contributed by atoms with Crippen molar-refractivity contribution in [1.82, 2.24) is 24.6 Å². The highest BCUT2D eigenvalue weighted by Crippen LogP contribution is 2.29. The molecule has 152 valence electrons. The average molecular weight is 418 g/mol. The molecule has 0 spiro atoms. The van der Waals surface area contributed by atoms with Crippen LogP contribution < -0.4 is 0 Å². The number of hydrogen-bond acceptors (Lipinski definition) is 5. The number of aryl methyl sites for hydroxylation is 1. The van der Waals surface area contributed by atoms with Gasteiger partial charge in [-0.2, -0.15) is 11.3 Å². The molecule has 1 fully saturated rings. The van der Waals surface area contributed by atoms with Crippen LogP contribution in [-0.4, -0.2) is 57.2 Å². The summed E-state index contributed by atoms with van der Waals surface area (Å²) < 4.78 is 1.84. The molecule has 6 nitrogen and oxygen atoms in total. The van der Waals surface area contributed by atoms with Crippen molar-refractivity contribution in [2.45, 2.75) is 13.0 Å². The van der Waals surface area contributed by atoms with Crippen LogP contribution in [0.3, 0.4) is 0 Å². The van der Waals surface area contributed by atoms with E-state index in [1.54, 1.807) is 11.3 Å². The second kappa shape index (κ2) is 7.66. The van der Waals surface area contributed by atoms with Crippen molar-refractivity contribution >= 4 is 22.8 Å². The molecule has 0 aliphatic carbocycles. The van der Waals surface area contributed by atoms with Gasteiger partial charge in [0.25, 0.3) is 5.91 Å². The average Bonchev–Trinajstić information content (AvgIpc) is 3.44. The number of carbonyl (C=O) groups is 1. The summed E-state index contributed by atoms with van der Waals surface area (Å²) >= 11 is 1.68. The van der Waals surface area contributed by atoms with Crippen LogP contribution in [0.1, 0.15) is 27.7 Å². The summed E-state index contributed by atoms with van der Waals surface area (Å²) in [5, 5.41) is 13.1. The lowest BCUT2D eigenvalue weighted by Crippen LogP contribution is -2.49. The zero-order valence-electron chi connectivity index (χ0n) is 17.0. The summed E-state index contributed by atoms with van der Waals surface area (Å²) in [7, 11) is 2.09. The number of pyridine rings is 1. The lowest BCUT2D eigenvalue weighted by molar-refractivity contribution is 0.0542. The molecule has 0 bridgehead atoms. The van der Waals surface area contributed by atoms with Gasteiger partial charge in [0.15, 0.2) is 0 Å². The quantitative estimate of drug-likeness (QED) is 0.507. The van der Waals surface area contributed by atoms with E-state index in [1.807, 2.05) is 46.8 Å². The van der Waals surface area contributed by atoms with E-state index >= 15 is 0 Å². The lowest BCUT2D eigenvalue weighted by atomic mass is 10.1. The van der Waals surface area contributed by atoms with Gasteiger partial charge in [-0.05, 0) is 54.6 Å². The number of thiophene rings is 1. The van der Waals surface area contributed by atoms with Crippen LogP contribution in [-0.2, 0) is 0 Å². The van der Waals surface area contributed by atoms with Crippen LogP contribution in [0, 0.1) is 6.92 Å². The van der Waals surface area contributed by atoms with E-state index in [0.717, 1.165) is 34.4 Å². The SMILES string of the molecule is Cc1ccc(C(=O)N2CCN(C)[C@H](c3nnn4cc(-c5ccsc5)ccc34)C2)cc1.